The van der Waals surface area contributed by atoms with Gasteiger partial charge in [0.05, 0.1) is 30.7 Å². The topological polar surface area (TPSA) is 72.9 Å². The number of aromatic nitrogens is 1. The number of methoxy groups -OCH3 is 1. The number of nitrogens with one attached hydrogen (secondary N) is 1. The third-order valence-corrected chi connectivity index (χ3v) is 5.03. The molecule has 1 spiro atoms. The van der Waals surface area contributed by atoms with E-state index >= 15 is 0 Å². The number of nitrogens with zero attached hydrogens (tertiary/aromatic N) is 2. The van der Waals surface area contributed by atoms with E-state index in [-0.39, 0.29) is 11.6 Å². The molecule has 138 valence electrons. The van der Waals surface area contributed by atoms with Crippen molar-refractivity contribution in [2.75, 3.05) is 45.3 Å². The maximum atomic E-state index is 12.7. The molecule has 2 saturated heterocycles. The molecule has 2 aliphatic rings. The van der Waals surface area contributed by atoms with Crippen molar-refractivity contribution >= 4 is 11.7 Å². The summed E-state index contributed by atoms with van der Waals surface area (Å²) >= 11 is 0. The molecule has 0 aliphatic carbocycles. The van der Waals surface area contributed by atoms with Crippen molar-refractivity contribution in [3.8, 4) is 5.88 Å². The molecule has 2 amide bonds. The fourth-order valence-electron chi connectivity index (χ4n) is 3.41. The van der Waals surface area contributed by atoms with E-state index in [0.717, 1.165) is 50.3 Å². The van der Waals surface area contributed by atoms with Gasteiger partial charge in [0.15, 0.2) is 0 Å². The van der Waals surface area contributed by atoms with Crippen molar-refractivity contribution < 1.29 is 19.0 Å². The van der Waals surface area contributed by atoms with E-state index < -0.39 is 0 Å². The van der Waals surface area contributed by atoms with E-state index in [9.17, 15) is 4.79 Å². The predicted octanol–water partition coefficient (Wildman–Crippen LogP) is 2.46. The van der Waals surface area contributed by atoms with Crippen molar-refractivity contribution in [3.63, 3.8) is 0 Å². The Balaban J connectivity index is 1.63. The highest BCUT2D eigenvalue weighted by Gasteiger charge is 2.36. The van der Waals surface area contributed by atoms with Crippen LogP contribution in [-0.4, -0.2) is 61.5 Å². The van der Waals surface area contributed by atoms with Gasteiger partial charge >= 0.3 is 6.03 Å². The zero-order chi connectivity index (χ0) is 17.7. The molecule has 1 aromatic heterocycles. The number of hydrogen-bond acceptors (Lipinski definition) is 5. The zero-order valence-electron chi connectivity index (χ0n) is 15.0. The molecule has 7 heteroatoms. The number of pyridine rings is 1. The molecule has 0 bridgehead atoms. The summed E-state index contributed by atoms with van der Waals surface area (Å²) in [6.07, 6.45) is 3.39. The maximum Gasteiger partial charge on any atom is 0.321 e. The number of amides is 2. The normalized spacial score (nSPS) is 20.2. The summed E-state index contributed by atoms with van der Waals surface area (Å²) in [6.45, 7) is 5.34. The first kappa shape index (κ1) is 17.9. The van der Waals surface area contributed by atoms with Gasteiger partial charge in [-0.3, -0.25) is 0 Å². The van der Waals surface area contributed by atoms with Crippen LogP contribution in [0.25, 0.3) is 0 Å². The van der Waals surface area contributed by atoms with Crippen molar-refractivity contribution in [1.29, 1.82) is 0 Å². The minimum absolute atomic E-state index is 0.102. The van der Waals surface area contributed by atoms with Crippen molar-refractivity contribution in [2.24, 2.45) is 0 Å². The van der Waals surface area contributed by atoms with Crippen molar-refractivity contribution in [2.45, 2.75) is 38.2 Å². The van der Waals surface area contributed by atoms with Gasteiger partial charge in [0, 0.05) is 32.4 Å². The first-order valence-corrected chi connectivity index (χ1v) is 8.97. The summed E-state index contributed by atoms with van der Waals surface area (Å²) in [5.41, 5.74) is 1.43. The lowest BCUT2D eigenvalue weighted by atomic mass is 9.90. The lowest BCUT2D eigenvalue weighted by molar-refractivity contribution is -0.105. The second-order valence-corrected chi connectivity index (χ2v) is 6.51. The maximum absolute atomic E-state index is 12.7. The second kappa shape index (κ2) is 8.01. The number of hydrogen-bond donors (Lipinski definition) is 1. The molecule has 25 heavy (non-hydrogen) atoms. The molecule has 2 fully saturated rings. The average Bonchev–Trinajstić information content (AvgIpc) is 2.85. The Morgan fingerprint density at radius 1 is 1.28 bits per heavy atom. The number of urea groups is 1. The second-order valence-electron chi connectivity index (χ2n) is 6.51. The van der Waals surface area contributed by atoms with E-state index in [0.29, 0.717) is 25.6 Å². The molecule has 0 unspecified atom stereocenters. The lowest BCUT2D eigenvalue weighted by Crippen LogP contribution is -2.40. The highest BCUT2D eigenvalue weighted by molar-refractivity contribution is 5.90. The Bertz CT molecular complexity index is 602. The molecule has 0 radical (unpaired) electrons. The number of ether oxygens (including phenoxy) is 3. The van der Waals surface area contributed by atoms with Gasteiger partial charge in [0.1, 0.15) is 0 Å². The number of carbonyl (C=O) groups excluding carboxylic acids is 1. The van der Waals surface area contributed by atoms with Gasteiger partial charge in [0.25, 0.3) is 0 Å². The minimum Gasteiger partial charge on any atom is -0.481 e. The summed E-state index contributed by atoms with van der Waals surface area (Å²) in [7, 11) is 1.59. The zero-order valence-corrected chi connectivity index (χ0v) is 15.0. The summed E-state index contributed by atoms with van der Waals surface area (Å²) in [5, 5.41) is 2.99. The number of rotatable bonds is 3. The Morgan fingerprint density at radius 3 is 2.80 bits per heavy atom. The molecular weight excluding hydrogens is 322 g/mol. The van der Waals surface area contributed by atoms with Gasteiger partial charge in [0.2, 0.25) is 5.88 Å². The van der Waals surface area contributed by atoms with Crippen molar-refractivity contribution in [1.82, 2.24) is 9.88 Å². The predicted molar refractivity (Wildman–Crippen MR) is 94.1 cm³/mol. The fraction of sp³-hybridized carbons (Fsp3) is 0.667. The molecule has 1 aromatic rings. The van der Waals surface area contributed by atoms with Crippen LogP contribution in [0.1, 0.15) is 31.9 Å². The van der Waals surface area contributed by atoms with E-state index in [1.807, 2.05) is 17.9 Å². The van der Waals surface area contributed by atoms with Crippen LogP contribution in [0.5, 0.6) is 5.88 Å². The summed E-state index contributed by atoms with van der Waals surface area (Å²) in [4.78, 5) is 18.9. The van der Waals surface area contributed by atoms with Gasteiger partial charge in [-0.1, -0.05) is 6.92 Å². The van der Waals surface area contributed by atoms with Gasteiger partial charge < -0.3 is 24.4 Å². The molecule has 0 atom stereocenters. The minimum atomic E-state index is -0.122. The fourth-order valence-corrected chi connectivity index (χ4v) is 3.41. The van der Waals surface area contributed by atoms with Crippen LogP contribution in [0.4, 0.5) is 10.5 Å². The SMILES string of the molecule is CCc1nc(OC)ccc1NC(=O)N1CCOC2(CCOCC2)CC1. The summed E-state index contributed by atoms with van der Waals surface area (Å²) in [6, 6.07) is 3.50. The Labute approximate surface area is 148 Å². The molecule has 1 N–H and O–H groups in total. The number of carbonyl (C=O) groups is 1. The van der Waals surface area contributed by atoms with E-state index in [1.54, 1.807) is 13.2 Å². The van der Waals surface area contributed by atoms with Crippen LogP contribution in [-0.2, 0) is 15.9 Å². The smallest absolute Gasteiger partial charge is 0.321 e. The first-order valence-electron chi connectivity index (χ1n) is 8.97. The highest BCUT2D eigenvalue weighted by Crippen LogP contribution is 2.31. The Kier molecular flexibility index (Phi) is 5.75. The molecular formula is C18H27N3O4. The van der Waals surface area contributed by atoms with Gasteiger partial charge in [-0.15, -0.1) is 0 Å². The highest BCUT2D eigenvalue weighted by atomic mass is 16.5. The van der Waals surface area contributed by atoms with Crippen LogP contribution in [0.2, 0.25) is 0 Å². The first-order chi connectivity index (χ1) is 12.2. The van der Waals surface area contributed by atoms with Crippen LogP contribution in [0.3, 0.4) is 0 Å². The third kappa shape index (κ3) is 4.22. The lowest BCUT2D eigenvalue weighted by Gasteiger charge is -2.35. The monoisotopic (exact) mass is 349 g/mol. The largest absolute Gasteiger partial charge is 0.481 e. The number of aryl methyl sites for hydroxylation is 1. The average molecular weight is 349 g/mol. The third-order valence-electron chi connectivity index (χ3n) is 5.03. The Hall–Kier alpha value is -1.86. The quantitative estimate of drug-likeness (QED) is 0.907. The van der Waals surface area contributed by atoms with E-state index in [2.05, 4.69) is 10.3 Å². The Morgan fingerprint density at radius 2 is 2.08 bits per heavy atom. The molecule has 2 aliphatic heterocycles. The van der Waals surface area contributed by atoms with Crippen LogP contribution in [0.15, 0.2) is 12.1 Å². The summed E-state index contributed by atoms with van der Waals surface area (Å²) in [5.74, 6) is 0.555. The molecule has 3 rings (SSSR count). The van der Waals surface area contributed by atoms with Crippen LogP contribution >= 0.6 is 0 Å². The van der Waals surface area contributed by atoms with E-state index in [1.165, 1.54) is 0 Å². The molecule has 0 saturated carbocycles. The van der Waals surface area contributed by atoms with Crippen LogP contribution in [0, 0.1) is 0 Å². The summed E-state index contributed by atoms with van der Waals surface area (Å²) < 4.78 is 16.7. The molecule has 7 nitrogen and oxygen atoms in total. The van der Waals surface area contributed by atoms with E-state index in [4.69, 9.17) is 14.2 Å². The van der Waals surface area contributed by atoms with Gasteiger partial charge in [-0.05, 0) is 31.7 Å². The number of anilines is 1. The van der Waals surface area contributed by atoms with Crippen LogP contribution < -0.4 is 10.1 Å². The molecule has 3 heterocycles. The van der Waals surface area contributed by atoms with Crippen molar-refractivity contribution in [3.05, 3.63) is 17.8 Å². The molecule has 0 aromatic carbocycles. The standard InChI is InChI=1S/C18H27N3O4/c1-3-14-15(4-5-16(19-14)23-2)20-17(22)21-9-6-18(25-13-10-21)7-11-24-12-8-18/h4-5H,3,6-13H2,1-2H3,(H,20,22). The van der Waals surface area contributed by atoms with Gasteiger partial charge in [-0.2, -0.15) is 0 Å². The van der Waals surface area contributed by atoms with Gasteiger partial charge in [-0.25, -0.2) is 9.78 Å².